The molecule has 0 fully saturated rings. The lowest BCUT2D eigenvalue weighted by atomic mass is 10.1. The Morgan fingerprint density at radius 2 is 1.94 bits per heavy atom. The van der Waals surface area contributed by atoms with E-state index in [0.717, 1.165) is 4.47 Å². The molecule has 17 heavy (non-hydrogen) atoms. The van der Waals surface area contributed by atoms with Crippen LogP contribution in [-0.2, 0) is 0 Å². The van der Waals surface area contributed by atoms with Gasteiger partial charge in [0, 0.05) is 4.47 Å². The van der Waals surface area contributed by atoms with Crippen LogP contribution in [0.2, 0.25) is 5.02 Å². The summed E-state index contributed by atoms with van der Waals surface area (Å²) in [6.07, 6.45) is 0. The number of fused-ring (bicyclic) bond motifs is 2. The summed E-state index contributed by atoms with van der Waals surface area (Å²) >= 11 is 9.37. The van der Waals surface area contributed by atoms with Crippen LogP contribution >= 0.6 is 27.5 Å². The predicted octanol–water partition coefficient (Wildman–Crippen LogP) is 4.36. The zero-order chi connectivity index (χ0) is 12.0. The average Bonchev–Trinajstić information content (AvgIpc) is 2.30. The van der Waals surface area contributed by atoms with Gasteiger partial charge < -0.3 is 4.42 Å². The fraction of sp³-hybridized carbons (Fsp3) is 0. The van der Waals surface area contributed by atoms with Gasteiger partial charge >= 0.3 is 0 Å². The number of hydrogen-bond donors (Lipinski definition) is 0. The Morgan fingerprint density at radius 3 is 2.76 bits per heavy atom. The zero-order valence-electron chi connectivity index (χ0n) is 8.54. The summed E-state index contributed by atoms with van der Waals surface area (Å²) in [7, 11) is 0. The standard InChI is InChI=1S/C13H6BrClO2/c14-7-4-5-8-11(6-7)17-13-9(12(8)16)2-1-3-10(13)15/h1-6H. The molecule has 1 heterocycles. The Morgan fingerprint density at radius 1 is 1.12 bits per heavy atom. The van der Waals surface area contributed by atoms with Gasteiger partial charge in [-0.1, -0.05) is 33.6 Å². The summed E-state index contributed by atoms with van der Waals surface area (Å²) in [5.74, 6) is 0. The molecule has 1 aromatic heterocycles. The van der Waals surface area contributed by atoms with Gasteiger partial charge in [-0.3, -0.25) is 4.79 Å². The Hall–Kier alpha value is -1.32. The molecular formula is C13H6BrClO2. The molecule has 0 unspecified atom stereocenters. The Bertz CT molecular complexity index is 792. The monoisotopic (exact) mass is 308 g/mol. The first kappa shape index (κ1) is 10.8. The lowest BCUT2D eigenvalue weighted by Crippen LogP contribution is -2.01. The molecule has 0 aliphatic heterocycles. The molecule has 3 aromatic rings. The number of halogens is 2. The SMILES string of the molecule is O=c1c2ccc(Br)cc2oc2c(Cl)cccc12. The number of benzene rings is 2. The molecule has 4 heteroatoms. The first-order valence-corrected chi connectivity index (χ1v) is 6.14. The van der Waals surface area contributed by atoms with Crippen molar-refractivity contribution in [2.45, 2.75) is 0 Å². The topological polar surface area (TPSA) is 30.2 Å². The minimum absolute atomic E-state index is 0.0590. The smallest absolute Gasteiger partial charge is 0.200 e. The number of rotatable bonds is 0. The molecule has 3 rings (SSSR count). The first-order chi connectivity index (χ1) is 8.16. The number of hydrogen-bond acceptors (Lipinski definition) is 2. The maximum Gasteiger partial charge on any atom is 0.200 e. The van der Waals surface area contributed by atoms with Crippen LogP contribution in [0.1, 0.15) is 0 Å². The van der Waals surface area contributed by atoms with Crippen LogP contribution in [0.5, 0.6) is 0 Å². The molecule has 0 saturated heterocycles. The Labute approximate surface area is 110 Å². The molecule has 84 valence electrons. The molecule has 0 N–H and O–H groups in total. The van der Waals surface area contributed by atoms with E-state index in [-0.39, 0.29) is 5.43 Å². The maximum atomic E-state index is 12.2. The molecule has 0 aliphatic rings. The minimum atomic E-state index is -0.0590. The third kappa shape index (κ3) is 1.66. The summed E-state index contributed by atoms with van der Waals surface area (Å²) < 4.78 is 6.54. The predicted molar refractivity (Wildman–Crippen MR) is 72.7 cm³/mol. The van der Waals surface area contributed by atoms with Crippen LogP contribution in [0.15, 0.2) is 50.1 Å². The van der Waals surface area contributed by atoms with E-state index in [1.807, 2.05) is 6.07 Å². The summed E-state index contributed by atoms with van der Waals surface area (Å²) in [5.41, 5.74) is 0.908. The van der Waals surface area contributed by atoms with Crippen molar-refractivity contribution in [3.05, 3.63) is 56.1 Å². The van der Waals surface area contributed by atoms with Gasteiger partial charge in [-0.25, -0.2) is 0 Å². The fourth-order valence-electron chi connectivity index (χ4n) is 1.81. The lowest BCUT2D eigenvalue weighted by Gasteiger charge is -2.02. The van der Waals surface area contributed by atoms with E-state index in [2.05, 4.69) is 15.9 Å². The van der Waals surface area contributed by atoms with Crippen LogP contribution in [0.3, 0.4) is 0 Å². The molecule has 0 saturated carbocycles. The van der Waals surface area contributed by atoms with E-state index < -0.39 is 0 Å². The highest BCUT2D eigenvalue weighted by Crippen LogP contribution is 2.26. The summed E-state index contributed by atoms with van der Waals surface area (Å²) in [6, 6.07) is 10.5. The molecular weight excluding hydrogens is 303 g/mol. The van der Waals surface area contributed by atoms with Crippen molar-refractivity contribution in [1.82, 2.24) is 0 Å². The van der Waals surface area contributed by atoms with Crippen LogP contribution in [0, 0.1) is 0 Å². The largest absolute Gasteiger partial charge is 0.454 e. The molecule has 0 bridgehead atoms. The van der Waals surface area contributed by atoms with E-state index in [9.17, 15) is 4.79 Å². The molecule has 0 amide bonds. The molecule has 0 radical (unpaired) electrons. The summed E-state index contributed by atoms with van der Waals surface area (Å²) in [4.78, 5) is 12.2. The highest BCUT2D eigenvalue weighted by atomic mass is 79.9. The van der Waals surface area contributed by atoms with Gasteiger partial charge in [0.2, 0.25) is 5.43 Å². The van der Waals surface area contributed by atoms with Gasteiger partial charge in [-0.15, -0.1) is 0 Å². The van der Waals surface area contributed by atoms with Crippen LogP contribution in [0.25, 0.3) is 21.9 Å². The quantitative estimate of drug-likeness (QED) is 0.577. The third-order valence-corrected chi connectivity index (χ3v) is 3.40. The van der Waals surface area contributed by atoms with Gasteiger partial charge in [0.25, 0.3) is 0 Å². The second-order valence-corrected chi connectivity index (χ2v) is 5.01. The van der Waals surface area contributed by atoms with Gasteiger partial charge in [0.05, 0.1) is 15.8 Å². The van der Waals surface area contributed by atoms with E-state index in [1.54, 1.807) is 30.3 Å². The summed E-state index contributed by atoms with van der Waals surface area (Å²) in [5, 5.41) is 1.51. The van der Waals surface area contributed by atoms with Crippen molar-refractivity contribution in [2.24, 2.45) is 0 Å². The van der Waals surface area contributed by atoms with Crippen LogP contribution in [-0.4, -0.2) is 0 Å². The molecule has 2 nitrogen and oxygen atoms in total. The van der Waals surface area contributed by atoms with Crippen molar-refractivity contribution in [3.8, 4) is 0 Å². The Balaban J connectivity index is 2.62. The van der Waals surface area contributed by atoms with Crippen molar-refractivity contribution in [1.29, 1.82) is 0 Å². The van der Waals surface area contributed by atoms with E-state index >= 15 is 0 Å². The van der Waals surface area contributed by atoms with Crippen molar-refractivity contribution in [2.75, 3.05) is 0 Å². The van der Waals surface area contributed by atoms with Crippen LogP contribution in [0.4, 0.5) is 0 Å². The zero-order valence-corrected chi connectivity index (χ0v) is 10.9. The van der Waals surface area contributed by atoms with Crippen LogP contribution < -0.4 is 5.43 Å². The minimum Gasteiger partial charge on any atom is -0.454 e. The van der Waals surface area contributed by atoms with Crippen molar-refractivity contribution in [3.63, 3.8) is 0 Å². The third-order valence-electron chi connectivity index (χ3n) is 2.61. The lowest BCUT2D eigenvalue weighted by molar-refractivity contribution is 0.660. The highest BCUT2D eigenvalue weighted by Gasteiger charge is 2.09. The second-order valence-electron chi connectivity index (χ2n) is 3.69. The molecule has 2 aromatic carbocycles. The normalized spacial score (nSPS) is 11.2. The van der Waals surface area contributed by atoms with E-state index in [0.29, 0.717) is 27.0 Å². The van der Waals surface area contributed by atoms with Crippen molar-refractivity contribution < 1.29 is 4.42 Å². The number of para-hydroxylation sites is 1. The van der Waals surface area contributed by atoms with E-state index in [1.165, 1.54) is 0 Å². The van der Waals surface area contributed by atoms with Gasteiger partial charge in [-0.2, -0.15) is 0 Å². The maximum absolute atomic E-state index is 12.2. The van der Waals surface area contributed by atoms with Gasteiger partial charge in [-0.05, 0) is 30.3 Å². The average molecular weight is 310 g/mol. The highest BCUT2D eigenvalue weighted by molar-refractivity contribution is 9.10. The summed E-state index contributed by atoms with van der Waals surface area (Å²) in [6.45, 7) is 0. The van der Waals surface area contributed by atoms with Gasteiger partial charge in [0.15, 0.2) is 5.58 Å². The van der Waals surface area contributed by atoms with Gasteiger partial charge in [0.1, 0.15) is 5.58 Å². The molecule has 0 spiro atoms. The first-order valence-electron chi connectivity index (χ1n) is 4.97. The Kier molecular flexibility index (Phi) is 2.45. The van der Waals surface area contributed by atoms with Crippen molar-refractivity contribution >= 4 is 49.5 Å². The molecule has 0 aliphatic carbocycles. The van der Waals surface area contributed by atoms with E-state index in [4.69, 9.17) is 16.0 Å². The second kappa shape index (κ2) is 3.86. The molecule has 0 atom stereocenters. The fourth-order valence-corrected chi connectivity index (χ4v) is 2.37.